The SMILES string of the molecule is CCOC(=O)c1nc(N(C)c2cc(C)c(/N=c3\sc4ccccc4n3COCC[Si](C)(C)C)nn2)sc1CCCOC1CCCCC1. The van der Waals surface area contributed by atoms with E-state index in [4.69, 9.17) is 24.2 Å². The molecule has 3 heterocycles. The summed E-state index contributed by atoms with van der Waals surface area (Å²) in [4.78, 5) is 26.1. The van der Waals surface area contributed by atoms with Crippen molar-refractivity contribution in [3.8, 4) is 0 Å². The largest absolute Gasteiger partial charge is 0.461 e. The highest BCUT2D eigenvalue weighted by Gasteiger charge is 2.23. The maximum absolute atomic E-state index is 12.8. The zero-order valence-electron chi connectivity index (χ0n) is 28.6. The van der Waals surface area contributed by atoms with Crippen LogP contribution in [0.4, 0.5) is 16.8 Å². The monoisotopic (exact) mass is 696 g/mol. The number of carbonyl (C=O) groups is 1. The van der Waals surface area contributed by atoms with Gasteiger partial charge in [0.25, 0.3) is 0 Å². The fraction of sp³-hybridized carbons (Fsp3) is 0.559. The third kappa shape index (κ3) is 9.56. The van der Waals surface area contributed by atoms with Crippen LogP contribution in [0.1, 0.15) is 66.4 Å². The van der Waals surface area contributed by atoms with E-state index >= 15 is 0 Å². The number of esters is 1. The Bertz CT molecular complexity index is 1710. The molecule has 4 aromatic rings. The molecule has 1 aliphatic rings. The first-order valence-electron chi connectivity index (χ1n) is 16.7. The normalized spacial score (nSPS) is 14.6. The van der Waals surface area contributed by atoms with Crippen LogP contribution in [-0.2, 0) is 27.4 Å². The number of aromatic nitrogens is 4. The number of ether oxygens (including phenoxy) is 3. The zero-order valence-corrected chi connectivity index (χ0v) is 31.2. The number of fused-ring (bicyclic) bond motifs is 1. The van der Waals surface area contributed by atoms with Gasteiger partial charge < -0.3 is 19.1 Å². The fourth-order valence-electron chi connectivity index (χ4n) is 5.42. The highest BCUT2D eigenvalue weighted by atomic mass is 32.1. The first kappa shape index (κ1) is 35.3. The smallest absolute Gasteiger partial charge is 0.358 e. The molecule has 0 amide bonds. The van der Waals surface area contributed by atoms with E-state index in [1.165, 1.54) is 30.6 Å². The molecular formula is C34H48N6O4S2Si. The van der Waals surface area contributed by atoms with Crippen LogP contribution < -0.4 is 9.70 Å². The van der Waals surface area contributed by atoms with Crippen molar-refractivity contribution < 1.29 is 19.0 Å². The molecule has 0 unspecified atom stereocenters. The van der Waals surface area contributed by atoms with Gasteiger partial charge in [0.05, 0.1) is 22.9 Å². The Labute approximate surface area is 286 Å². The van der Waals surface area contributed by atoms with Gasteiger partial charge in [0.1, 0.15) is 6.73 Å². The quantitative estimate of drug-likeness (QED) is 0.0699. The molecule has 1 fully saturated rings. The molecule has 3 aromatic heterocycles. The third-order valence-corrected chi connectivity index (χ3v) is 12.1. The zero-order chi connectivity index (χ0) is 33.4. The van der Waals surface area contributed by atoms with Gasteiger partial charge in [-0.25, -0.2) is 9.78 Å². The number of thiazole rings is 2. The van der Waals surface area contributed by atoms with E-state index in [2.05, 4.69) is 46.5 Å². The molecule has 47 heavy (non-hydrogen) atoms. The van der Waals surface area contributed by atoms with Crippen LogP contribution in [0, 0.1) is 6.92 Å². The van der Waals surface area contributed by atoms with E-state index < -0.39 is 14.0 Å². The average molecular weight is 697 g/mol. The summed E-state index contributed by atoms with van der Waals surface area (Å²) in [7, 11) is 0.702. The minimum atomic E-state index is -1.19. The average Bonchev–Trinajstić information content (AvgIpc) is 3.63. The fourth-order valence-corrected chi connectivity index (χ4v) is 8.25. The second kappa shape index (κ2) is 16.4. The van der Waals surface area contributed by atoms with Gasteiger partial charge in [-0.1, -0.05) is 62.4 Å². The van der Waals surface area contributed by atoms with Gasteiger partial charge in [-0.2, -0.15) is 4.99 Å². The predicted molar refractivity (Wildman–Crippen MR) is 193 cm³/mol. The molecule has 254 valence electrons. The van der Waals surface area contributed by atoms with E-state index in [-0.39, 0.29) is 0 Å². The summed E-state index contributed by atoms with van der Waals surface area (Å²) in [6, 6.07) is 11.3. The second-order valence-electron chi connectivity index (χ2n) is 13.2. The van der Waals surface area contributed by atoms with Crippen LogP contribution in [-0.4, -0.2) is 66.8 Å². The standard InChI is InChI=1S/C34H48N6O4S2Si/c1-7-43-32(41)30-28(18-13-19-44-25-14-9-8-10-15-25)46-33(35-30)39(3)29-22-24(2)31(38-37-29)36-34-40(23-42-20-21-47(4,5)6)26-16-11-12-17-27(26)45-34/h11-12,16-17,22,25H,7-10,13-15,18-21,23H2,1-6H3/b36-34-. The second-order valence-corrected chi connectivity index (χ2v) is 20.9. The van der Waals surface area contributed by atoms with Gasteiger partial charge >= 0.3 is 5.97 Å². The van der Waals surface area contributed by atoms with Crippen LogP contribution in [0.15, 0.2) is 35.3 Å². The molecule has 0 bridgehead atoms. The van der Waals surface area contributed by atoms with Crippen molar-refractivity contribution in [1.29, 1.82) is 0 Å². The number of para-hydroxylation sites is 1. The number of hydrogen-bond donors (Lipinski definition) is 0. The summed E-state index contributed by atoms with van der Waals surface area (Å²) in [6.45, 7) is 13.0. The molecule has 10 nitrogen and oxygen atoms in total. The molecule has 5 rings (SSSR count). The summed E-state index contributed by atoms with van der Waals surface area (Å²) in [5.74, 6) is 0.773. The Kier molecular flexibility index (Phi) is 12.3. The van der Waals surface area contributed by atoms with E-state index in [1.54, 1.807) is 11.3 Å². The number of benzene rings is 1. The Morgan fingerprint density at radius 1 is 1.11 bits per heavy atom. The highest BCUT2D eigenvalue weighted by Crippen LogP contribution is 2.32. The number of carbonyl (C=O) groups excluding carboxylic acids is 1. The van der Waals surface area contributed by atoms with Gasteiger partial charge in [-0.3, -0.25) is 4.57 Å². The van der Waals surface area contributed by atoms with Gasteiger partial charge in [-0.05, 0) is 69.3 Å². The number of rotatable bonds is 15. The molecule has 0 aliphatic heterocycles. The van der Waals surface area contributed by atoms with Crippen molar-refractivity contribution in [3.63, 3.8) is 0 Å². The minimum Gasteiger partial charge on any atom is -0.461 e. The highest BCUT2D eigenvalue weighted by molar-refractivity contribution is 7.16. The van der Waals surface area contributed by atoms with Crippen LogP contribution in [0.25, 0.3) is 10.2 Å². The number of anilines is 2. The van der Waals surface area contributed by atoms with Gasteiger partial charge in [0, 0.05) is 33.2 Å². The molecule has 0 atom stereocenters. The molecule has 1 aliphatic carbocycles. The van der Waals surface area contributed by atoms with Crippen molar-refractivity contribution in [3.05, 3.63) is 51.3 Å². The lowest BCUT2D eigenvalue weighted by Gasteiger charge is -2.21. The van der Waals surface area contributed by atoms with Crippen molar-refractivity contribution in [2.45, 2.75) is 97.3 Å². The van der Waals surface area contributed by atoms with E-state index in [1.807, 2.05) is 44.0 Å². The van der Waals surface area contributed by atoms with Gasteiger partial charge in [0.2, 0.25) is 0 Å². The summed E-state index contributed by atoms with van der Waals surface area (Å²) >= 11 is 3.10. The third-order valence-electron chi connectivity index (χ3n) is 8.19. The number of nitrogens with zero attached hydrogens (tertiary/aromatic N) is 6. The number of aryl methyl sites for hydroxylation is 2. The van der Waals surface area contributed by atoms with Crippen LogP contribution >= 0.6 is 22.7 Å². The molecule has 0 radical (unpaired) electrons. The van der Waals surface area contributed by atoms with Crippen LogP contribution in [0.2, 0.25) is 25.7 Å². The van der Waals surface area contributed by atoms with Gasteiger partial charge in [0.15, 0.2) is 27.3 Å². The summed E-state index contributed by atoms with van der Waals surface area (Å²) < 4.78 is 20.8. The Hall–Kier alpha value is -2.97. The minimum absolute atomic E-state index is 0.297. The van der Waals surface area contributed by atoms with Crippen LogP contribution in [0.3, 0.4) is 0 Å². The number of hydrogen-bond acceptors (Lipinski definition) is 11. The van der Waals surface area contributed by atoms with E-state index in [9.17, 15) is 4.79 Å². The van der Waals surface area contributed by atoms with Crippen molar-refractivity contribution in [1.82, 2.24) is 19.7 Å². The molecule has 0 saturated heterocycles. The summed E-state index contributed by atoms with van der Waals surface area (Å²) in [6.07, 6.45) is 7.99. The molecule has 1 aromatic carbocycles. The molecule has 1 saturated carbocycles. The van der Waals surface area contributed by atoms with E-state index in [0.717, 1.165) is 57.4 Å². The summed E-state index contributed by atoms with van der Waals surface area (Å²) in [5, 5.41) is 9.71. The van der Waals surface area contributed by atoms with Crippen LogP contribution in [0.5, 0.6) is 0 Å². The van der Waals surface area contributed by atoms with Crippen molar-refractivity contribution in [2.75, 3.05) is 31.8 Å². The first-order chi connectivity index (χ1) is 22.6. The Balaban J connectivity index is 1.33. The first-order valence-corrected chi connectivity index (χ1v) is 22.0. The molecular weight excluding hydrogens is 649 g/mol. The molecule has 0 N–H and O–H groups in total. The maximum atomic E-state index is 12.8. The summed E-state index contributed by atoms with van der Waals surface area (Å²) in [5.41, 5.74) is 2.34. The van der Waals surface area contributed by atoms with Crippen molar-refractivity contribution in [2.24, 2.45) is 4.99 Å². The molecule has 13 heteroatoms. The topological polar surface area (TPSA) is 104 Å². The van der Waals surface area contributed by atoms with Crippen molar-refractivity contribution >= 4 is 63.7 Å². The lowest BCUT2D eigenvalue weighted by Crippen LogP contribution is -2.23. The molecule has 0 spiro atoms. The maximum Gasteiger partial charge on any atom is 0.358 e. The van der Waals surface area contributed by atoms with Gasteiger partial charge in [-0.15, -0.1) is 21.5 Å². The Morgan fingerprint density at radius 2 is 1.89 bits per heavy atom. The lowest BCUT2D eigenvalue weighted by molar-refractivity contribution is 0.0272. The van der Waals surface area contributed by atoms with E-state index in [0.29, 0.717) is 54.9 Å². The predicted octanol–water partition coefficient (Wildman–Crippen LogP) is 8.03. The Morgan fingerprint density at radius 3 is 2.64 bits per heavy atom. The lowest BCUT2D eigenvalue weighted by atomic mass is 9.98.